The Morgan fingerprint density at radius 2 is 1.56 bits per heavy atom. The van der Waals surface area contributed by atoms with E-state index in [0.717, 1.165) is 0 Å². The highest BCUT2D eigenvalue weighted by molar-refractivity contribution is 5.93. The van der Waals surface area contributed by atoms with Gasteiger partial charge in [-0.05, 0) is 36.2 Å². The minimum Gasteiger partial charge on any atom is -0.477 e. The summed E-state index contributed by atoms with van der Waals surface area (Å²) in [5, 5.41) is 16.3. The van der Waals surface area contributed by atoms with Crippen LogP contribution in [0.1, 0.15) is 20.3 Å². The van der Waals surface area contributed by atoms with Crippen molar-refractivity contribution in [2.45, 2.75) is 20.3 Å². The molecule has 2 aromatic rings. The molecule has 0 saturated carbocycles. The van der Waals surface area contributed by atoms with Gasteiger partial charge in [0.1, 0.15) is 0 Å². The normalized spacial score (nSPS) is 10.3. The summed E-state index contributed by atoms with van der Waals surface area (Å²) in [6.45, 7) is 3.56. The first-order valence-corrected chi connectivity index (χ1v) is 8.41. The lowest BCUT2D eigenvalue weighted by molar-refractivity contribution is -0.385. The average Bonchev–Trinajstić information content (AvgIpc) is 2.61. The minimum atomic E-state index is -0.570. The smallest absolute Gasteiger partial charge is 0.310 e. The number of ether oxygens (including phenoxy) is 1. The van der Waals surface area contributed by atoms with Gasteiger partial charge >= 0.3 is 5.69 Å². The van der Waals surface area contributed by atoms with Crippen LogP contribution in [0, 0.1) is 16.0 Å². The second-order valence-electron chi connectivity index (χ2n) is 6.29. The average molecular weight is 371 g/mol. The second kappa shape index (κ2) is 9.33. The molecule has 8 heteroatoms. The van der Waals surface area contributed by atoms with E-state index in [0.29, 0.717) is 17.8 Å². The van der Waals surface area contributed by atoms with Crippen LogP contribution in [-0.4, -0.2) is 23.3 Å². The van der Waals surface area contributed by atoms with Crippen molar-refractivity contribution < 1.29 is 19.2 Å². The molecule has 8 nitrogen and oxygen atoms in total. The van der Waals surface area contributed by atoms with Crippen LogP contribution in [0.3, 0.4) is 0 Å². The minimum absolute atomic E-state index is 0.0286. The molecule has 142 valence electrons. The number of hydrogen-bond donors (Lipinski definition) is 2. The molecule has 2 rings (SSSR count). The van der Waals surface area contributed by atoms with Gasteiger partial charge in [-0.25, -0.2) is 0 Å². The number of hydrogen-bond acceptors (Lipinski definition) is 5. The summed E-state index contributed by atoms with van der Waals surface area (Å²) in [6, 6.07) is 12.5. The fraction of sp³-hybridized carbons (Fsp3) is 0.263. The van der Waals surface area contributed by atoms with Crippen molar-refractivity contribution >= 4 is 28.9 Å². The number of carbonyl (C=O) groups excluding carboxylic acids is 2. The van der Waals surface area contributed by atoms with Crippen LogP contribution >= 0.6 is 0 Å². The van der Waals surface area contributed by atoms with Gasteiger partial charge in [-0.3, -0.25) is 19.7 Å². The van der Waals surface area contributed by atoms with Crippen molar-refractivity contribution in [3.05, 3.63) is 58.6 Å². The first-order valence-electron chi connectivity index (χ1n) is 8.41. The number of amides is 2. The standard InChI is InChI=1S/C19H21N3O5/c1-13(2)11-18(23)20-14-7-9-15(10-8-14)21-19(24)12-27-17-6-4-3-5-16(17)22(25)26/h3-10,13H,11-12H2,1-2H3,(H,20,23)(H,21,24). The van der Waals surface area contributed by atoms with Gasteiger partial charge in [0.2, 0.25) is 5.91 Å². The van der Waals surface area contributed by atoms with Crippen molar-refractivity contribution in [1.29, 1.82) is 0 Å². The lowest BCUT2D eigenvalue weighted by Gasteiger charge is -2.10. The number of nitro groups is 1. The van der Waals surface area contributed by atoms with Crippen LogP contribution in [0.2, 0.25) is 0 Å². The number of nitro benzene ring substituents is 1. The van der Waals surface area contributed by atoms with Gasteiger partial charge in [0, 0.05) is 23.9 Å². The Hall–Kier alpha value is -3.42. The summed E-state index contributed by atoms with van der Waals surface area (Å²) in [4.78, 5) is 34.1. The van der Waals surface area contributed by atoms with E-state index in [4.69, 9.17) is 4.74 Å². The summed E-state index contributed by atoms with van der Waals surface area (Å²) in [6.07, 6.45) is 0.432. The number of carbonyl (C=O) groups is 2. The van der Waals surface area contributed by atoms with Crippen molar-refractivity contribution in [2.75, 3.05) is 17.2 Å². The van der Waals surface area contributed by atoms with Crippen LogP contribution in [0.25, 0.3) is 0 Å². The number of nitrogens with one attached hydrogen (secondary N) is 2. The summed E-state index contributed by atoms with van der Waals surface area (Å²) in [7, 11) is 0. The summed E-state index contributed by atoms with van der Waals surface area (Å²) >= 11 is 0. The monoisotopic (exact) mass is 371 g/mol. The zero-order chi connectivity index (χ0) is 19.8. The van der Waals surface area contributed by atoms with Gasteiger partial charge in [0.05, 0.1) is 4.92 Å². The van der Waals surface area contributed by atoms with E-state index < -0.39 is 10.8 Å². The molecule has 0 heterocycles. The molecule has 0 atom stereocenters. The van der Waals surface area contributed by atoms with Crippen LogP contribution in [0.4, 0.5) is 17.1 Å². The van der Waals surface area contributed by atoms with Crippen molar-refractivity contribution in [3.63, 3.8) is 0 Å². The molecule has 2 N–H and O–H groups in total. The molecule has 0 fully saturated rings. The summed E-state index contributed by atoms with van der Waals surface area (Å²) < 4.78 is 5.24. The number of rotatable bonds is 8. The molecule has 0 radical (unpaired) electrons. The largest absolute Gasteiger partial charge is 0.477 e. The third-order valence-electron chi connectivity index (χ3n) is 3.47. The SMILES string of the molecule is CC(C)CC(=O)Nc1ccc(NC(=O)COc2ccccc2[N+](=O)[O-])cc1. The Balaban J connectivity index is 1.87. The second-order valence-corrected chi connectivity index (χ2v) is 6.29. The molecule has 27 heavy (non-hydrogen) atoms. The van der Waals surface area contributed by atoms with Gasteiger partial charge in [0.15, 0.2) is 12.4 Å². The Morgan fingerprint density at radius 1 is 1.00 bits per heavy atom. The third kappa shape index (κ3) is 6.43. The quantitative estimate of drug-likeness (QED) is 0.544. The number of nitrogens with zero attached hydrogens (tertiary/aromatic N) is 1. The molecule has 2 amide bonds. The maximum Gasteiger partial charge on any atom is 0.310 e. The molecule has 2 aromatic carbocycles. The van der Waals surface area contributed by atoms with E-state index in [1.807, 2.05) is 13.8 Å². The van der Waals surface area contributed by atoms with Gasteiger partial charge < -0.3 is 15.4 Å². The maximum atomic E-state index is 12.0. The third-order valence-corrected chi connectivity index (χ3v) is 3.47. The molecule has 0 bridgehead atoms. The fourth-order valence-corrected chi connectivity index (χ4v) is 2.29. The van der Waals surface area contributed by atoms with Gasteiger partial charge in [-0.15, -0.1) is 0 Å². The van der Waals surface area contributed by atoms with Crippen LogP contribution < -0.4 is 15.4 Å². The number of para-hydroxylation sites is 2. The number of benzene rings is 2. The van der Waals surface area contributed by atoms with Crippen molar-refractivity contribution in [3.8, 4) is 5.75 Å². The first-order chi connectivity index (χ1) is 12.8. The van der Waals surface area contributed by atoms with Gasteiger partial charge in [-0.1, -0.05) is 26.0 Å². The Bertz CT molecular complexity index is 818. The van der Waals surface area contributed by atoms with E-state index in [1.165, 1.54) is 18.2 Å². The van der Waals surface area contributed by atoms with E-state index in [9.17, 15) is 19.7 Å². The molecule has 0 aromatic heterocycles. The van der Waals surface area contributed by atoms with E-state index in [-0.39, 0.29) is 29.9 Å². The van der Waals surface area contributed by atoms with Gasteiger partial charge in [-0.2, -0.15) is 0 Å². The predicted octanol–water partition coefficient (Wildman–Crippen LogP) is 3.60. The van der Waals surface area contributed by atoms with Crippen LogP contribution in [0.15, 0.2) is 48.5 Å². The van der Waals surface area contributed by atoms with E-state index in [1.54, 1.807) is 30.3 Å². The van der Waals surface area contributed by atoms with Crippen molar-refractivity contribution in [1.82, 2.24) is 0 Å². The lowest BCUT2D eigenvalue weighted by atomic mass is 10.1. The Morgan fingerprint density at radius 3 is 2.11 bits per heavy atom. The molecule has 0 aliphatic carbocycles. The topological polar surface area (TPSA) is 111 Å². The molecule has 0 aliphatic heterocycles. The molecular weight excluding hydrogens is 350 g/mol. The van der Waals surface area contributed by atoms with E-state index >= 15 is 0 Å². The van der Waals surface area contributed by atoms with Crippen LogP contribution in [0.5, 0.6) is 5.75 Å². The molecule has 0 aliphatic rings. The Labute approximate surface area is 156 Å². The lowest BCUT2D eigenvalue weighted by Crippen LogP contribution is -2.20. The molecule has 0 saturated heterocycles. The molecule has 0 unspecified atom stereocenters. The zero-order valence-corrected chi connectivity index (χ0v) is 15.1. The summed E-state index contributed by atoms with van der Waals surface area (Å²) in [5.74, 6) is -0.228. The maximum absolute atomic E-state index is 12.0. The predicted molar refractivity (Wildman–Crippen MR) is 102 cm³/mol. The number of anilines is 2. The van der Waals surface area contributed by atoms with Gasteiger partial charge in [0.25, 0.3) is 5.91 Å². The first kappa shape index (κ1) is 19.9. The van der Waals surface area contributed by atoms with Crippen molar-refractivity contribution in [2.24, 2.45) is 5.92 Å². The summed E-state index contributed by atoms with van der Waals surface area (Å²) in [5.41, 5.74) is 0.953. The highest BCUT2D eigenvalue weighted by atomic mass is 16.6. The fourth-order valence-electron chi connectivity index (χ4n) is 2.29. The van der Waals surface area contributed by atoms with Crippen LogP contribution in [-0.2, 0) is 9.59 Å². The zero-order valence-electron chi connectivity index (χ0n) is 15.1. The highest BCUT2D eigenvalue weighted by Crippen LogP contribution is 2.25. The molecular formula is C19H21N3O5. The molecule has 0 spiro atoms. The Kier molecular flexibility index (Phi) is 6.87. The highest BCUT2D eigenvalue weighted by Gasteiger charge is 2.15. The van der Waals surface area contributed by atoms with E-state index in [2.05, 4.69) is 10.6 Å².